The number of ether oxygens (including phenoxy) is 1. The minimum absolute atomic E-state index is 0.102. The zero-order chi connectivity index (χ0) is 20.5. The predicted molar refractivity (Wildman–Crippen MR) is 114 cm³/mol. The molecule has 0 bridgehead atoms. The predicted octanol–water partition coefficient (Wildman–Crippen LogP) is 5.57. The molecule has 4 rings (SSSR count). The Balaban J connectivity index is 1.97. The summed E-state index contributed by atoms with van der Waals surface area (Å²) < 4.78 is 20.9. The molecule has 29 heavy (non-hydrogen) atoms. The van der Waals surface area contributed by atoms with Gasteiger partial charge in [0.15, 0.2) is 0 Å². The van der Waals surface area contributed by atoms with E-state index in [-0.39, 0.29) is 11.1 Å². The number of fused-ring (bicyclic) bond motifs is 1. The summed E-state index contributed by atoms with van der Waals surface area (Å²) in [4.78, 5) is 13.1. The molecule has 0 saturated carbocycles. The first-order chi connectivity index (χ1) is 14.0. The Kier molecular flexibility index (Phi) is 5.26. The van der Waals surface area contributed by atoms with Crippen molar-refractivity contribution in [1.29, 1.82) is 0 Å². The third-order valence-corrected chi connectivity index (χ3v) is 5.20. The van der Waals surface area contributed by atoms with Crippen molar-refractivity contribution in [1.82, 2.24) is 9.78 Å². The highest BCUT2D eigenvalue weighted by molar-refractivity contribution is 6.35. The molecule has 1 heterocycles. The van der Waals surface area contributed by atoms with E-state index in [1.807, 2.05) is 12.1 Å². The lowest BCUT2D eigenvalue weighted by Crippen LogP contribution is -2.17. The van der Waals surface area contributed by atoms with Gasteiger partial charge in [0.25, 0.3) is 0 Å². The van der Waals surface area contributed by atoms with Crippen LogP contribution in [0.25, 0.3) is 22.2 Å². The molecule has 4 aromatic rings. The fourth-order valence-corrected chi connectivity index (χ4v) is 3.68. The maximum absolute atomic E-state index is 13.9. The zero-order valence-electron chi connectivity index (χ0n) is 15.3. The highest BCUT2D eigenvalue weighted by Gasteiger charge is 2.17. The van der Waals surface area contributed by atoms with Crippen LogP contribution in [0.5, 0.6) is 5.75 Å². The molecular formula is C22H15Cl2FN2O2. The molecule has 1 aromatic heterocycles. The summed E-state index contributed by atoms with van der Waals surface area (Å²) in [7, 11) is 1.46. The molecule has 0 amide bonds. The Bertz CT molecular complexity index is 1290. The van der Waals surface area contributed by atoms with Crippen LogP contribution in [0.3, 0.4) is 0 Å². The zero-order valence-corrected chi connectivity index (χ0v) is 16.8. The van der Waals surface area contributed by atoms with Gasteiger partial charge in [-0.1, -0.05) is 41.4 Å². The second kappa shape index (κ2) is 7.85. The van der Waals surface area contributed by atoms with E-state index in [1.54, 1.807) is 35.0 Å². The van der Waals surface area contributed by atoms with Gasteiger partial charge < -0.3 is 4.74 Å². The first kappa shape index (κ1) is 19.4. The smallest absolute Gasteiger partial charge is 0.216 e. The first-order valence-corrected chi connectivity index (χ1v) is 9.51. The van der Waals surface area contributed by atoms with Gasteiger partial charge >= 0.3 is 0 Å². The Morgan fingerprint density at radius 1 is 1.07 bits per heavy atom. The Morgan fingerprint density at radius 2 is 1.86 bits per heavy atom. The summed E-state index contributed by atoms with van der Waals surface area (Å²) >= 11 is 12.3. The fraction of sp³-hybridized carbons (Fsp3) is 0.0909. The third-order valence-electron chi connectivity index (χ3n) is 4.61. The molecule has 0 N–H and O–H groups in total. The van der Waals surface area contributed by atoms with E-state index in [0.29, 0.717) is 38.8 Å². The lowest BCUT2D eigenvalue weighted by molar-refractivity contribution is 0.415. The van der Waals surface area contributed by atoms with Gasteiger partial charge in [0.1, 0.15) is 17.3 Å². The molecule has 0 spiro atoms. The summed E-state index contributed by atoms with van der Waals surface area (Å²) in [6.07, 6.45) is 0. The van der Waals surface area contributed by atoms with Crippen molar-refractivity contribution in [2.24, 2.45) is 0 Å². The summed E-state index contributed by atoms with van der Waals surface area (Å²) in [5.74, 6) is -0.121. The highest BCUT2D eigenvalue weighted by Crippen LogP contribution is 2.29. The number of hydrogen-bond donors (Lipinski definition) is 0. The minimum Gasteiger partial charge on any atom is -0.496 e. The van der Waals surface area contributed by atoms with Crippen LogP contribution in [0.2, 0.25) is 10.0 Å². The quantitative estimate of drug-likeness (QED) is 0.426. The third kappa shape index (κ3) is 3.71. The van der Waals surface area contributed by atoms with Gasteiger partial charge in [-0.25, -0.2) is 4.39 Å². The second-order valence-electron chi connectivity index (χ2n) is 6.43. The van der Waals surface area contributed by atoms with Crippen LogP contribution >= 0.6 is 23.2 Å². The van der Waals surface area contributed by atoms with Gasteiger partial charge in [0.2, 0.25) is 5.43 Å². The molecule has 0 aliphatic rings. The van der Waals surface area contributed by atoms with Crippen molar-refractivity contribution in [3.05, 3.63) is 92.3 Å². The highest BCUT2D eigenvalue weighted by atomic mass is 35.5. The van der Waals surface area contributed by atoms with Crippen molar-refractivity contribution in [2.75, 3.05) is 7.11 Å². The molecule has 4 nitrogen and oxygen atoms in total. The lowest BCUT2D eigenvalue weighted by atomic mass is 10.1. The molecule has 3 aromatic carbocycles. The van der Waals surface area contributed by atoms with E-state index in [1.165, 1.54) is 25.3 Å². The molecule has 0 radical (unpaired) electrons. The van der Waals surface area contributed by atoms with Gasteiger partial charge in [-0.05, 0) is 48.0 Å². The summed E-state index contributed by atoms with van der Waals surface area (Å²) in [6, 6.07) is 16.3. The number of methoxy groups -OCH3 is 1. The molecule has 0 saturated heterocycles. The number of rotatable bonds is 4. The lowest BCUT2D eigenvalue weighted by Gasteiger charge is -2.14. The van der Waals surface area contributed by atoms with Crippen LogP contribution in [0.1, 0.15) is 5.56 Å². The second-order valence-corrected chi connectivity index (χ2v) is 7.28. The van der Waals surface area contributed by atoms with Crippen LogP contribution in [-0.4, -0.2) is 16.9 Å². The number of nitrogens with zero attached hydrogens (tertiary/aromatic N) is 2. The van der Waals surface area contributed by atoms with Crippen molar-refractivity contribution in [3.63, 3.8) is 0 Å². The van der Waals surface area contributed by atoms with Gasteiger partial charge in [0, 0.05) is 15.4 Å². The van der Waals surface area contributed by atoms with E-state index in [4.69, 9.17) is 27.9 Å². The van der Waals surface area contributed by atoms with Gasteiger partial charge in [-0.15, -0.1) is 0 Å². The van der Waals surface area contributed by atoms with E-state index in [9.17, 15) is 9.18 Å². The molecule has 0 unspecified atom stereocenters. The van der Waals surface area contributed by atoms with Crippen molar-refractivity contribution in [3.8, 4) is 17.0 Å². The van der Waals surface area contributed by atoms with Gasteiger partial charge in [-0.2, -0.15) is 5.10 Å². The average Bonchev–Trinajstić information content (AvgIpc) is 2.72. The first-order valence-electron chi connectivity index (χ1n) is 8.75. The SMILES string of the molecule is COc1ccc(F)cc1-c1nn(Cc2ccc(Cl)cc2Cl)c2ccccc2c1=O. The Labute approximate surface area is 176 Å². The van der Waals surface area contributed by atoms with E-state index in [0.717, 1.165) is 5.56 Å². The molecule has 0 aliphatic carbocycles. The Hall–Kier alpha value is -2.89. The maximum atomic E-state index is 13.9. The number of aromatic nitrogens is 2. The summed E-state index contributed by atoms with van der Waals surface area (Å²) in [5.41, 5.74) is 1.52. The van der Waals surface area contributed by atoms with Crippen molar-refractivity contribution in [2.45, 2.75) is 6.54 Å². The molecule has 7 heteroatoms. The van der Waals surface area contributed by atoms with Crippen LogP contribution in [0.15, 0.2) is 65.5 Å². The van der Waals surface area contributed by atoms with Crippen LogP contribution in [0.4, 0.5) is 4.39 Å². The van der Waals surface area contributed by atoms with E-state index < -0.39 is 5.82 Å². The monoisotopic (exact) mass is 428 g/mol. The molecule has 0 aliphatic heterocycles. The topological polar surface area (TPSA) is 44.1 Å². The standard InChI is InChI=1S/C22H15Cl2FN2O2/c1-29-20-9-8-15(25)11-17(20)21-22(28)16-4-2-3-5-19(16)27(26-21)12-13-6-7-14(23)10-18(13)24/h2-11H,12H2,1H3. The van der Waals surface area contributed by atoms with Crippen molar-refractivity contribution >= 4 is 34.1 Å². The fourth-order valence-electron chi connectivity index (χ4n) is 3.21. The van der Waals surface area contributed by atoms with E-state index in [2.05, 4.69) is 5.10 Å². The molecular weight excluding hydrogens is 414 g/mol. The Morgan fingerprint density at radius 3 is 2.62 bits per heavy atom. The molecule has 0 fully saturated rings. The molecule has 0 atom stereocenters. The minimum atomic E-state index is -0.484. The average molecular weight is 429 g/mol. The van der Waals surface area contributed by atoms with Gasteiger partial charge in [0.05, 0.1) is 24.7 Å². The largest absolute Gasteiger partial charge is 0.496 e. The molecule has 146 valence electrons. The maximum Gasteiger partial charge on any atom is 0.216 e. The van der Waals surface area contributed by atoms with Crippen molar-refractivity contribution < 1.29 is 9.13 Å². The normalized spacial score (nSPS) is 11.0. The summed E-state index contributed by atoms with van der Waals surface area (Å²) in [5, 5.41) is 6.03. The van der Waals surface area contributed by atoms with E-state index >= 15 is 0 Å². The van der Waals surface area contributed by atoms with Gasteiger partial charge in [-0.3, -0.25) is 9.48 Å². The van der Waals surface area contributed by atoms with Crippen LogP contribution in [-0.2, 0) is 6.54 Å². The summed E-state index contributed by atoms with van der Waals surface area (Å²) in [6.45, 7) is 0.307. The number of halogens is 3. The van der Waals surface area contributed by atoms with Crippen LogP contribution in [0, 0.1) is 5.82 Å². The number of hydrogen-bond acceptors (Lipinski definition) is 3. The van der Waals surface area contributed by atoms with Crippen LogP contribution < -0.4 is 10.2 Å². The number of para-hydroxylation sites is 1. The number of benzene rings is 3.